The monoisotopic (exact) mass is 330 g/mol. The Hall–Kier alpha value is -3.09. The summed E-state index contributed by atoms with van der Waals surface area (Å²) >= 11 is 0. The van der Waals surface area contributed by atoms with E-state index in [1.165, 1.54) is 12.3 Å². The second-order valence-corrected chi connectivity index (χ2v) is 4.96. The van der Waals surface area contributed by atoms with Gasteiger partial charge in [0.1, 0.15) is 6.04 Å². The lowest BCUT2D eigenvalue weighted by Crippen LogP contribution is -2.41. The number of benzene rings is 1. The van der Waals surface area contributed by atoms with Crippen molar-refractivity contribution in [3.8, 4) is 0 Å². The third kappa shape index (κ3) is 4.45. The number of nitrogens with one attached hydrogen (secondary N) is 2. The van der Waals surface area contributed by atoms with Crippen LogP contribution in [0.15, 0.2) is 47.1 Å². The van der Waals surface area contributed by atoms with E-state index >= 15 is 0 Å². The van der Waals surface area contributed by atoms with Gasteiger partial charge in [0.2, 0.25) is 5.91 Å². The molecule has 1 atom stereocenters. The van der Waals surface area contributed by atoms with Crippen molar-refractivity contribution in [2.24, 2.45) is 0 Å². The van der Waals surface area contributed by atoms with Crippen LogP contribution in [0.3, 0.4) is 0 Å². The number of carbonyl (C=O) groups is 3. The van der Waals surface area contributed by atoms with E-state index in [0.29, 0.717) is 17.9 Å². The zero-order valence-corrected chi connectivity index (χ0v) is 13.4. The zero-order valence-electron chi connectivity index (χ0n) is 13.4. The smallest absolute Gasteiger partial charge is 0.338 e. The van der Waals surface area contributed by atoms with Crippen LogP contribution in [0.1, 0.15) is 34.8 Å². The lowest BCUT2D eigenvalue weighted by atomic mass is 10.2. The van der Waals surface area contributed by atoms with Crippen LogP contribution in [0, 0.1) is 0 Å². The highest BCUT2D eigenvalue weighted by molar-refractivity contribution is 6.00. The molecule has 0 aliphatic carbocycles. The van der Waals surface area contributed by atoms with E-state index in [2.05, 4.69) is 10.6 Å². The minimum atomic E-state index is -0.757. The molecule has 24 heavy (non-hydrogen) atoms. The lowest BCUT2D eigenvalue weighted by Gasteiger charge is -2.13. The van der Waals surface area contributed by atoms with Gasteiger partial charge in [-0.15, -0.1) is 0 Å². The molecule has 0 radical (unpaired) electrons. The van der Waals surface area contributed by atoms with E-state index in [1.54, 1.807) is 44.2 Å². The first-order valence-corrected chi connectivity index (χ1v) is 7.43. The average Bonchev–Trinajstić information content (AvgIpc) is 3.10. The van der Waals surface area contributed by atoms with Crippen molar-refractivity contribution in [2.45, 2.75) is 19.9 Å². The summed E-state index contributed by atoms with van der Waals surface area (Å²) < 4.78 is 9.85. The van der Waals surface area contributed by atoms with E-state index in [0.717, 1.165) is 0 Å². The highest BCUT2D eigenvalue weighted by Crippen LogP contribution is 2.11. The largest absolute Gasteiger partial charge is 0.462 e. The van der Waals surface area contributed by atoms with Crippen LogP contribution >= 0.6 is 0 Å². The van der Waals surface area contributed by atoms with Gasteiger partial charge in [0.25, 0.3) is 5.91 Å². The van der Waals surface area contributed by atoms with Crippen LogP contribution in [0.2, 0.25) is 0 Å². The number of furan rings is 1. The summed E-state index contributed by atoms with van der Waals surface area (Å²) in [6.07, 6.45) is 1.38. The Kier molecular flexibility index (Phi) is 5.73. The van der Waals surface area contributed by atoms with Crippen molar-refractivity contribution in [3.63, 3.8) is 0 Å². The number of amides is 2. The molecule has 2 amide bonds. The molecule has 0 aliphatic rings. The van der Waals surface area contributed by atoms with Gasteiger partial charge in [-0.05, 0) is 50.2 Å². The molecule has 0 fully saturated rings. The van der Waals surface area contributed by atoms with E-state index < -0.39 is 23.8 Å². The second-order valence-electron chi connectivity index (χ2n) is 4.96. The maximum atomic E-state index is 12.1. The lowest BCUT2D eigenvalue weighted by molar-refractivity contribution is -0.117. The van der Waals surface area contributed by atoms with Gasteiger partial charge in [0, 0.05) is 5.69 Å². The molecule has 0 saturated carbocycles. The Morgan fingerprint density at radius 3 is 2.46 bits per heavy atom. The fourth-order valence-electron chi connectivity index (χ4n) is 1.90. The van der Waals surface area contributed by atoms with E-state index in [4.69, 9.17) is 9.15 Å². The van der Waals surface area contributed by atoms with Gasteiger partial charge in [-0.3, -0.25) is 9.59 Å². The SMILES string of the molecule is CCOC(=O)c1ccc(NC(=O)[C@H](C)NC(=O)c2ccco2)cc1. The normalized spacial score (nSPS) is 11.4. The Labute approximate surface area is 139 Å². The standard InChI is InChI=1S/C17H18N2O5/c1-3-23-17(22)12-6-8-13(9-7-12)19-15(20)11(2)18-16(21)14-5-4-10-24-14/h4-11H,3H2,1-2H3,(H,18,21)(H,19,20)/t11-/m0/s1. The fraction of sp³-hybridized carbons (Fsp3) is 0.235. The van der Waals surface area contributed by atoms with Crippen molar-refractivity contribution in [1.82, 2.24) is 5.32 Å². The van der Waals surface area contributed by atoms with Gasteiger partial charge in [-0.1, -0.05) is 0 Å². The molecular formula is C17H18N2O5. The van der Waals surface area contributed by atoms with Crippen LogP contribution in [0.25, 0.3) is 0 Å². The van der Waals surface area contributed by atoms with Crippen molar-refractivity contribution >= 4 is 23.5 Å². The first kappa shape index (κ1) is 17.3. The molecule has 126 valence electrons. The molecular weight excluding hydrogens is 312 g/mol. The van der Waals surface area contributed by atoms with Gasteiger partial charge in [-0.25, -0.2) is 4.79 Å². The summed E-state index contributed by atoms with van der Waals surface area (Å²) in [5.74, 6) is -1.15. The number of hydrogen-bond donors (Lipinski definition) is 2. The van der Waals surface area contributed by atoms with Crippen LogP contribution in [0.4, 0.5) is 5.69 Å². The minimum absolute atomic E-state index is 0.133. The predicted octanol–water partition coefficient (Wildman–Crippen LogP) is 2.21. The maximum Gasteiger partial charge on any atom is 0.338 e. The average molecular weight is 330 g/mol. The highest BCUT2D eigenvalue weighted by Gasteiger charge is 2.18. The summed E-state index contributed by atoms with van der Waals surface area (Å²) in [7, 11) is 0. The number of carbonyl (C=O) groups excluding carboxylic acids is 3. The molecule has 7 heteroatoms. The number of ether oxygens (including phenoxy) is 1. The Balaban J connectivity index is 1.91. The Morgan fingerprint density at radius 1 is 1.17 bits per heavy atom. The summed E-state index contributed by atoms with van der Waals surface area (Å²) in [4.78, 5) is 35.5. The molecule has 1 heterocycles. The van der Waals surface area contributed by atoms with Gasteiger partial charge in [0.05, 0.1) is 18.4 Å². The van der Waals surface area contributed by atoms with Crippen LogP contribution < -0.4 is 10.6 Å². The maximum absolute atomic E-state index is 12.1. The van der Waals surface area contributed by atoms with Crippen molar-refractivity contribution in [2.75, 3.05) is 11.9 Å². The Morgan fingerprint density at radius 2 is 1.88 bits per heavy atom. The van der Waals surface area contributed by atoms with Crippen molar-refractivity contribution in [1.29, 1.82) is 0 Å². The molecule has 2 aromatic rings. The van der Waals surface area contributed by atoms with E-state index in [-0.39, 0.29) is 5.76 Å². The molecule has 0 aliphatic heterocycles. The van der Waals surface area contributed by atoms with Crippen molar-refractivity contribution < 1.29 is 23.5 Å². The molecule has 7 nitrogen and oxygen atoms in total. The van der Waals surface area contributed by atoms with Crippen LogP contribution in [0.5, 0.6) is 0 Å². The molecule has 1 aromatic carbocycles. The number of esters is 1. The third-order valence-electron chi connectivity index (χ3n) is 3.15. The summed E-state index contributed by atoms with van der Waals surface area (Å²) in [6.45, 7) is 3.58. The first-order chi connectivity index (χ1) is 11.5. The predicted molar refractivity (Wildman–Crippen MR) is 86.7 cm³/mol. The summed E-state index contributed by atoms with van der Waals surface area (Å²) in [6, 6.07) is 8.63. The molecule has 2 N–H and O–H groups in total. The number of rotatable bonds is 6. The summed E-state index contributed by atoms with van der Waals surface area (Å²) in [5.41, 5.74) is 0.904. The molecule has 1 aromatic heterocycles. The molecule has 0 saturated heterocycles. The van der Waals surface area contributed by atoms with Crippen molar-refractivity contribution in [3.05, 3.63) is 54.0 Å². The highest BCUT2D eigenvalue weighted by atomic mass is 16.5. The number of hydrogen-bond acceptors (Lipinski definition) is 5. The molecule has 2 rings (SSSR count). The zero-order chi connectivity index (χ0) is 17.5. The Bertz CT molecular complexity index is 707. The fourth-order valence-corrected chi connectivity index (χ4v) is 1.90. The van der Waals surface area contributed by atoms with Gasteiger partial charge in [-0.2, -0.15) is 0 Å². The van der Waals surface area contributed by atoms with E-state index in [9.17, 15) is 14.4 Å². The third-order valence-corrected chi connectivity index (χ3v) is 3.15. The van der Waals surface area contributed by atoms with E-state index in [1.807, 2.05) is 0 Å². The van der Waals surface area contributed by atoms with Gasteiger partial charge >= 0.3 is 5.97 Å². The minimum Gasteiger partial charge on any atom is -0.462 e. The molecule has 0 unspecified atom stereocenters. The number of anilines is 1. The van der Waals surface area contributed by atoms with Crippen LogP contribution in [-0.2, 0) is 9.53 Å². The second kappa shape index (κ2) is 7.96. The molecule has 0 bridgehead atoms. The summed E-state index contributed by atoms with van der Waals surface area (Å²) in [5, 5.41) is 5.18. The topological polar surface area (TPSA) is 97.6 Å². The quantitative estimate of drug-likeness (QED) is 0.791. The van der Waals surface area contributed by atoms with Gasteiger partial charge in [0.15, 0.2) is 5.76 Å². The van der Waals surface area contributed by atoms with Gasteiger partial charge < -0.3 is 19.8 Å². The first-order valence-electron chi connectivity index (χ1n) is 7.43. The molecule has 0 spiro atoms. The van der Waals surface area contributed by atoms with Crippen LogP contribution in [-0.4, -0.2) is 30.4 Å².